The average molecular weight is 246 g/mol. The van der Waals surface area contributed by atoms with Gasteiger partial charge >= 0.3 is 6.03 Å². The minimum Gasteiger partial charge on any atom is -0.334 e. The zero-order valence-corrected chi connectivity index (χ0v) is 10.4. The fourth-order valence-electron chi connectivity index (χ4n) is 1.43. The number of hydrogen-bond donors (Lipinski definition) is 2. The highest BCUT2D eigenvalue weighted by Gasteiger charge is 2.28. The molecule has 1 rings (SSSR count). The lowest BCUT2D eigenvalue weighted by atomic mass is 10.2. The van der Waals surface area contributed by atoms with Crippen LogP contribution in [0.3, 0.4) is 0 Å². The minimum atomic E-state index is -2.93. The van der Waals surface area contributed by atoms with Gasteiger partial charge in [0.15, 0.2) is 9.84 Å². The quantitative estimate of drug-likeness (QED) is 0.773. The van der Waals surface area contributed by atoms with Crippen molar-refractivity contribution in [1.82, 2.24) is 10.6 Å². The van der Waals surface area contributed by atoms with Gasteiger partial charge in [0.2, 0.25) is 0 Å². The van der Waals surface area contributed by atoms with Crippen LogP contribution in [0.1, 0.15) is 26.7 Å². The number of nitrogens with one attached hydrogen (secondary N) is 2. The molecule has 0 spiro atoms. The fraction of sp³-hybridized carbons (Fsp3) is 0.700. The van der Waals surface area contributed by atoms with Gasteiger partial charge in [-0.1, -0.05) is 12.5 Å². The predicted octanol–water partition coefficient (Wildman–Crippen LogP) is 0.787. The molecule has 2 N–H and O–H groups in total. The average Bonchev–Trinajstić information content (AvgIpc) is 2.54. The summed E-state index contributed by atoms with van der Waals surface area (Å²) in [6, 6.07) is -0.588. The van der Waals surface area contributed by atoms with Crippen molar-refractivity contribution in [2.45, 2.75) is 32.7 Å². The van der Waals surface area contributed by atoms with Gasteiger partial charge in [-0.25, -0.2) is 13.2 Å². The van der Waals surface area contributed by atoms with Crippen LogP contribution in [-0.2, 0) is 9.84 Å². The van der Waals surface area contributed by atoms with E-state index in [0.717, 1.165) is 12.0 Å². The van der Waals surface area contributed by atoms with Crippen molar-refractivity contribution in [1.29, 1.82) is 0 Å². The number of carbonyl (C=O) groups is 1. The molecule has 16 heavy (non-hydrogen) atoms. The summed E-state index contributed by atoms with van der Waals surface area (Å²) >= 11 is 0. The molecule has 0 radical (unpaired) electrons. The Hall–Kier alpha value is -1.04. The lowest BCUT2D eigenvalue weighted by Gasteiger charge is -2.10. The van der Waals surface area contributed by atoms with Gasteiger partial charge in [0.1, 0.15) is 0 Å². The molecule has 5 nitrogen and oxygen atoms in total. The van der Waals surface area contributed by atoms with E-state index in [2.05, 4.69) is 10.6 Å². The number of urea groups is 1. The number of allylic oxidation sites excluding steroid dienone is 1. The molecule has 92 valence electrons. The van der Waals surface area contributed by atoms with Crippen molar-refractivity contribution in [2.75, 3.05) is 11.5 Å². The number of carbonyl (C=O) groups excluding carboxylic acids is 1. The first kappa shape index (κ1) is 13.0. The summed E-state index contributed by atoms with van der Waals surface area (Å²) in [5, 5.41) is 5.22. The zero-order valence-electron chi connectivity index (χ0n) is 9.62. The van der Waals surface area contributed by atoms with Crippen molar-refractivity contribution in [3.8, 4) is 0 Å². The van der Waals surface area contributed by atoms with E-state index in [1.54, 1.807) is 6.20 Å². The van der Waals surface area contributed by atoms with Gasteiger partial charge in [-0.15, -0.1) is 0 Å². The molecule has 0 aromatic heterocycles. The van der Waals surface area contributed by atoms with E-state index in [-0.39, 0.29) is 23.6 Å². The van der Waals surface area contributed by atoms with Gasteiger partial charge < -0.3 is 10.6 Å². The fourth-order valence-corrected chi connectivity index (χ4v) is 3.10. The summed E-state index contributed by atoms with van der Waals surface area (Å²) in [6.45, 7) is 3.91. The monoisotopic (exact) mass is 246 g/mol. The van der Waals surface area contributed by atoms with Crippen LogP contribution in [0.2, 0.25) is 0 Å². The highest BCUT2D eigenvalue weighted by atomic mass is 32.2. The molecule has 1 heterocycles. The second kappa shape index (κ2) is 5.34. The number of sulfone groups is 1. The lowest BCUT2D eigenvalue weighted by Crippen LogP contribution is -2.40. The van der Waals surface area contributed by atoms with E-state index in [4.69, 9.17) is 0 Å². The third-order valence-corrected chi connectivity index (χ3v) is 4.34. The Morgan fingerprint density at radius 2 is 2.19 bits per heavy atom. The maximum Gasteiger partial charge on any atom is 0.319 e. The molecular weight excluding hydrogens is 228 g/mol. The Balaban J connectivity index is 2.36. The highest BCUT2D eigenvalue weighted by Crippen LogP contribution is 2.10. The molecule has 0 aromatic carbocycles. The third kappa shape index (κ3) is 4.22. The van der Waals surface area contributed by atoms with Crippen LogP contribution in [0.5, 0.6) is 0 Å². The van der Waals surface area contributed by atoms with Gasteiger partial charge in [-0.3, -0.25) is 0 Å². The minimum absolute atomic E-state index is 0.0525. The Morgan fingerprint density at radius 3 is 2.69 bits per heavy atom. The molecule has 6 heteroatoms. The molecule has 2 amide bonds. The number of hydrogen-bond acceptors (Lipinski definition) is 3. The van der Waals surface area contributed by atoms with E-state index in [9.17, 15) is 13.2 Å². The second-order valence-electron chi connectivity index (χ2n) is 4.06. The molecule has 1 fully saturated rings. The van der Waals surface area contributed by atoms with Crippen LogP contribution < -0.4 is 10.6 Å². The summed E-state index contributed by atoms with van der Waals surface area (Å²) < 4.78 is 22.3. The first-order valence-electron chi connectivity index (χ1n) is 5.36. The summed E-state index contributed by atoms with van der Waals surface area (Å²) in [5.74, 6) is 0.221. The SMILES string of the molecule is CC/C(C)=C/NC(=O)NC1CCS(=O)(=O)C1. The Kier molecular flexibility index (Phi) is 4.35. The molecule has 0 saturated carbocycles. The van der Waals surface area contributed by atoms with Gasteiger partial charge in [0.05, 0.1) is 11.5 Å². The zero-order chi connectivity index (χ0) is 12.2. The Labute approximate surface area is 96.2 Å². The standard InChI is InChI=1S/C10H18N2O3S/c1-3-8(2)6-11-10(13)12-9-4-5-16(14,15)7-9/h6,9H,3-5,7H2,1-2H3,(H2,11,12,13)/b8-6+. The molecule has 0 aromatic rings. The van der Waals surface area contributed by atoms with Crippen molar-refractivity contribution in [2.24, 2.45) is 0 Å². The van der Waals surface area contributed by atoms with E-state index in [1.807, 2.05) is 13.8 Å². The first-order valence-corrected chi connectivity index (χ1v) is 7.18. The van der Waals surface area contributed by atoms with Crippen LogP contribution in [0.15, 0.2) is 11.8 Å². The lowest BCUT2D eigenvalue weighted by molar-refractivity contribution is 0.241. The van der Waals surface area contributed by atoms with Crippen molar-refractivity contribution in [3.63, 3.8) is 0 Å². The smallest absolute Gasteiger partial charge is 0.319 e. The van der Waals surface area contributed by atoms with Crippen molar-refractivity contribution in [3.05, 3.63) is 11.8 Å². The molecule has 0 aliphatic carbocycles. The van der Waals surface area contributed by atoms with E-state index in [1.165, 1.54) is 0 Å². The van der Waals surface area contributed by atoms with E-state index in [0.29, 0.717) is 6.42 Å². The molecule has 1 aliphatic heterocycles. The van der Waals surface area contributed by atoms with Crippen LogP contribution in [0, 0.1) is 0 Å². The van der Waals surface area contributed by atoms with Gasteiger partial charge in [-0.2, -0.15) is 0 Å². The molecule has 1 saturated heterocycles. The number of rotatable bonds is 3. The molecule has 1 atom stereocenters. The van der Waals surface area contributed by atoms with Crippen LogP contribution in [0.25, 0.3) is 0 Å². The van der Waals surface area contributed by atoms with Crippen LogP contribution >= 0.6 is 0 Å². The topological polar surface area (TPSA) is 75.3 Å². The summed E-state index contributed by atoms with van der Waals surface area (Å²) in [6.07, 6.45) is 3.02. The third-order valence-electron chi connectivity index (χ3n) is 2.57. The maximum atomic E-state index is 11.4. The summed E-state index contributed by atoms with van der Waals surface area (Å²) in [5.41, 5.74) is 1.06. The molecule has 1 unspecified atom stereocenters. The number of amides is 2. The van der Waals surface area contributed by atoms with E-state index >= 15 is 0 Å². The highest BCUT2D eigenvalue weighted by molar-refractivity contribution is 7.91. The summed E-state index contributed by atoms with van der Waals surface area (Å²) in [7, 11) is -2.93. The molecular formula is C10H18N2O3S. The second-order valence-corrected chi connectivity index (χ2v) is 6.29. The predicted molar refractivity (Wildman–Crippen MR) is 62.8 cm³/mol. The Morgan fingerprint density at radius 1 is 1.50 bits per heavy atom. The largest absolute Gasteiger partial charge is 0.334 e. The van der Waals surface area contributed by atoms with Crippen LogP contribution in [0.4, 0.5) is 4.79 Å². The van der Waals surface area contributed by atoms with Crippen molar-refractivity contribution >= 4 is 15.9 Å². The van der Waals surface area contributed by atoms with Crippen LogP contribution in [-0.4, -0.2) is 32.0 Å². The molecule has 0 bridgehead atoms. The van der Waals surface area contributed by atoms with Crippen molar-refractivity contribution < 1.29 is 13.2 Å². The first-order chi connectivity index (χ1) is 7.43. The maximum absolute atomic E-state index is 11.4. The van der Waals surface area contributed by atoms with Gasteiger partial charge in [0, 0.05) is 12.2 Å². The molecule has 1 aliphatic rings. The Bertz CT molecular complexity index is 387. The summed E-state index contributed by atoms with van der Waals surface area (Å²) in [4.78, 5) is 11.4. The normalized spacial score (nSPS) is 24.1. The van der Waals surface area contributed by atoms with Gasteiger partial charge in [-0.05, 0) is 19.8 Å². The van der Waals surface area contributed by atoms with E-state index < -0.39 is 9.84 Å². The van der Waals surface area contributed by atoms with Gasteiger partial charge in [0.25, 0.3) is 0 Å².